The van der Waals surface area contributed by atoms with Gasteiger partial charge in [0.15, 0.2) is 0 Å². The minimum atomic E-state index is -0.832. The fourth-order valence-electron chi connectivity index (χ4n) is 4.67. The number of Topliss-reactive ketones (excluding diaryl/α,β-unsaturated/α-hetero) is 1. The Morgan fingerprint density at radius 3 is 2.19 bits per heavy atom. The quantitative estimate of drug-likeness (QED) is 0.235. The van der Waals surface area contributed by atoms with E-state index in [1.807, 2.05) is 37.3 Å². The molecule has 1 unspecified atom stereocenters. The van der Waals surface area contributed by atoms with E-state index in [0.29, 0.717) is 34.9 Å². The standard InChI is InChI=1S/C30H32N2O5/c1-5-31(6-2)22-13-15-23(16-14-22)32-27(21-9-8-10-25(19-21)36-4)26(29(34)30(32)35)28(33)20-11-17-24(18-12-20)37-7-3/h8-19,27,33H,5-7H2,1-4H3/b28-26-. The van der Waals surface area contributed by atoms with Crippen molar-refractivity contribution >= 4 is 28.8 Å². The summed E-state index contributed by atoms with van der Waals surface area (Å²) in [7, 11) is 1.56. The molecule has 1 N–H and O–H groups in total. The molecule has 1 atom stereocenters. The highest BCUT2D eigenvalue weighted by Gasteiger charge is 2.47. The zero-order valence-electron chi connectivity index (χ0n) is 21.6. The van der Waals surface area contributed by atoms with E-state index in [4.69, 9.17) is 9.47 Å². The number of carbonyl (C=O) groups is 2. The predicted molar refractivity (Wildman–Crippen MR) is 145 cm³/mol. The van der Waals surface area contributed by atoms with Crippen molar-refractivity contribution < 1.29 is 24.2 Å². The zero-order valence-corrected chi connectivity index (χ0v) is 21.6. The van der Waals surface area contributed by atoms with Gasteiger partial charge in [-0.2, -0.15) is 0 Å². The van der Waals surface area contributed by atoms with Crippen LogP contribution in [0.2, 0.25) is 0 Å². The largest absolute Gasteiger partial charge is 0.507 e. The van der Waals surface area contributed by atoms with Crippen LogP contribution in [0.1, 0.15) is 37.9 Å². The Labute approximate surface area is 217 Å². The Morgan fingerprint density at radius 1 is 0.919 bits per heavy atom. The van der Waals surface area contributed by atoms with Crippen LogP contribution in [0.25, 0.3) is 5.76 Å². The number of ether oxygens (including phenoxy) is 2. The molecule has 1 aliphatic heterocycles. The zero-order chi connectivity index (χ0) is 26.5. The maximum atomic E-state index is 13.4. The van der Waals surface area contributed by atoms with Crippen molar-refractivity contribution in [2.75, 3.05) is 36.6 Å². The number of amides is 1. The van der Waals surface area contributed by atoms with Gasteiger partial charge in [-0.25, -0.2) is 0 Å². The minimum absolute atomic E-state index is 0.0234. The number of hydrogen-bond donors (Lipinski definition) is 1. The molecule has 1 aliphatic rings. The molecule has 1 heterocycles. The summed E-state index contributed by atoms with van der Waals surface area (Å²) in [6.45, 7) is 8.27. The molecule has 192 valence electrons. The van der Waals surface area contributed by atoms with Crippen molar-refractivity contribution in [3.05, 3.63) is 89.5 Å². The third kappa shape index (κ3) is 5.03. The van der Waals surface area contributed by atoms with Crippen molar-refractivity contribution in [2.24, 2.45) is 0 Å². The Morgan fingerprint density at radius 2 is 1.59 bits per heavy atom. The van der Waals surface area contributed by atoms with Crippen LogP contribution in [0.4, 0.5) is 11.4 Å². The highest BCUT2D eigenvalue weighted by atomic mass is 16.5. The molecule has 0 saturated carbocycles. The van der Waals surface area contributed by atoms with Gasteiger partial charge in [-0.1, -0.05) is 12.1 Å². The molecule has 0 aromatic heterocycles. The molecule has 3 aromatic rings. The highest BCUT2D eigenvalue weighted by molar-refractivity contribution is 6.51. The molecule has 0 spiro atoms. The lowest BCUT2D eigenvalue weighted by atomic mass is 9.95. The predicted octanol–water partition coefficient (Wildman–Crippen LogP) is 5.57. The molecule has 0 radical (unpaired) electrons. The Hall–Kier alpha value is -4.26. The summed E-state index contributed by atoms with van der Waals surface area (Å²) in [5, 5.41) is 11.3. The van der Waals surface area contributed by atoms with Gasteiger partial charge in [0.1, 0.15) is 17.3 Å². The number of carbonyl (C=O) groups excluding carboxylic acids is 2. The summed E-state index contributed by atoms with van der Waals surface area (Å²) in [6.07, 6.45) is 0. The number of rotatable bonds is 9. The van der Waals surface area contributed by atoms with Crippen LogP contribution in [-0.2, 0) is 9.59 Å². The average molecular weight is 501 g/mol. The molecule has 7 nitrogen and oxygen atoms in total. The molecule has 1 amide bonds. The van der Waals surface area contributed by atoms with Crippen LogP contribution in [0, 0.1) is 0 Å². The molecule has 7 heteroatoms. The van der Waals surface area contributed by atoms with Gasteiger partial charge in [-0.05, 0) is 87.0 Å². The third-order valence-corrected chi connectivity index (χ3v) is 6.55. The molecular formula is C30H32N2O5. The van der Waals surface area contributed by atoms with E-state index in [2.05, 4.69) is 18.7 Å². The van der Waals surface area contributed by atoms with Crippen LogP contribution in [-0.4, -0.2) is 43.6 Å². The fraction of sp³-hybridized carbons (Fsp3) is 0.267. The summed E-state index contributed by atoms with van der Waals surface area (Å²) in [5.41, 5.74) is 2.69. The van der Waals surface area contributed by atoms with E-state index in [-0.39, 0.29) is 11.3 Å². The Bertz CT molecular complexity index is 1290. The van der Waals surface area contributed by atoms with Crippen molar-refractivity contribution in [1.82, 2.24) is 0 Å². The summed E-state index contributed by atoms with van der Waals surface area (Å²) < 4.78 is 10.9. The maximum Gasteiger partial charge on any atom is 0.300 e. The van der Waals surface area contributed by atoms with E-state index < -0.39 is 17.7 Å². The Balaban J connectivity index is 1.85. The summed E-state index contributed by atoms with van der Waals surface area (Å²) in [4.78, 5) is 30.5. The topological polar surface area (TPSA) is 79.3 Å². The lowest BCUT2D eigenvalue weighted by Gasteiger charge is -2.27. The molecule has 0 bridgehead atoms. The second-order valence-electron chi connectivity index (χ2n) is 8.59. The van der Waals surface area contributed by atoms with Crippen molar-refractivity contribution in [1.29, 1.82) is 0 Å². The smallest absolute Gasteiger partial charge is 0.300 e. The van der Waals surface area contributed by atoms with E-state index in [1.165, 1.54) is 4.90 Å². The molecule has 0 aliphatic carbocycles. The van der Waals surface area contributed by atoms with Crippen LogP contribution < -0.4 is 19.3 Å². The Kier molecular flexibility index (Phi) is 7.82. The number of aliphatic hydroxyl groups is 1. The molecule has 3 aromatic carbocycles. The molecule has 4 rings (SSSR count). The van der Waals surface area contributed by atoms with Gasteiger partial charge in [0.2, 0.25) is 0 Å². The van der Waals surface area contributed by atoms with Gasteiger partial charge in [-0.15, -0.1) is 0 Å². The lowest BCUT2D eigenvalue weighted by molar-refractivity contribution is -0.132. The number of nitrogens with zero attached hydrogens (tertiary/aromatic N) is 2. The number of anilines is 2. The second kappa shape index (κ2) is 11.2. The van der Waals surface area contributed by atoms with Crippen LogP contribution >= 0.6 is 0 Å². The SMILES string of the molecule is CCOc1ccc(/C(O)=C2/C(=O)C(=O)N(c3ccc(N(CC)CC)cc3)C2c2cccc(OC)c2)cc1. The molecule has 37 heavy (non-hydrogen) atoms. The first-order valence-electron chi connectivity index (χ1n) is 12.5. The third-order valence-electron chi connectivity index (χ3n) is 6.55. The average Bonchev–Trinajstić information content (AvgIpc) is 3.20. The van der Waals surface area contributed by atoms with Crippen LogP contribution in [0.3, 0.4) is 0 Å². The summed E-state index contributed by atoms with van der Waals surface area (Å²) in [5.74, 6) is -0.447. The van der Waals surface area contributed by atoms with E-state index in [0.717, 1.165) is 18.8 Å². The number of benzene rings is 3. The van der Waals surface area contributed by atoms with E-state index in [1.54, 1.807) is 49.6 Å². The first-order valence-corrected chi connectivity index (χ1v) is 12.5. The van der Waals surface area contributed by atoms with Crippen molar-refractivity contribution in [3.8, 4) is 11.5 Å². The van der Waals surface area contributed by atoms with Crippen molar-refractivity contribution in [3.63, 3.8) is 0 Å². The van der Waals surface area contributed by atoms with Gasteiger partial charge in [0, 0.05) is 30.0 Å². The van der Waals surface area contributed by atoms with Crippen molar-refractivity contribution in [2.45, 2.75) is 26.8 Å². The van der Waals surface area contributed by atoms with Gasteiger partial charge < -0.3 is 19.5 Å². The van der Waals surface area contributed by atoms with Gasteiger partial charge in [0.25, 0.3) is 11.7 Å². The number of methoxy groups -OCH3 is 1. The second-order valence-corrected chi connectivity index (χ2v) is 8.59. The number of ketones is 1. The molecular weight excluding hydrogens is 468 g/mol. The maximum absolute atomic E-state index is 13.4. The van der Waals surface area contributed by atoms with E-state index >= 15 is 0 Å². The fourth-order valence-corrected chi connectivity index (χ4v) is 4.67. The first-order chi connectivity index (χ1) is 17.9. The number of hydrogen-bond acceptors (Lipinski definition) is 6. The normalized spacial score (nSPS) is 16.6. The van der Waals surface area contributed by atoms with Gasteiger partial charge in [-0.3, -0.25) is 14.5 Å². The highest BCUT2D eigenvalue weighted by Crippen LogP contribution is 2.43. The molecule has 1 fully saturated rings. The lowest BCUT2D eigenvalue weighted by Crippen LogP contribution is -2.29. The first kappa shape index (κ1) is 25.8. The van der Waals surface area contributed by atoms with Gasteiger partial charge in [0.05, 0.1) is 25.3 Å². The minimum Gasteiger partial charge on any atom is -0.507 e. The van der Waals surface area contributed by atoms with E-state index in [9.17, 15) is 14.7 Å². The number of aliphatic hydroxyl groups excluding tert-OH is 1. The van der Waals surface area contributed by atoms with Gasteiger partial charge >= 0.3 is 0 Å². The van der Waals surface area contributed by atoms with Crippen LogP contribution in [0.5, 0.6) is 11.5 Å². The molecule has 1 saturated heterocycles. The monoisotopic (exact) mass is 500 g/mol. The summed E-state index contributed by atoms with van der Waals surface area (Å²) in [6, 6.07) is 20.7. The van der Waals surface area contributed by atoms with Crippen LogP contribution in [0.15, 0.2) is 78.4 Å². The summed E-state index contributed by atoms with van der Waals surface area (Å²) >= 11 is 0.